The molecule has 3 aromatic heterocycles. The number of nitrogens with zero attached hydrogens (tertiary/aromatic N) is 3. The lowest BCUT2D eigenvalue weighted by Gasteiger charge is -2.49. The lowest BCUT2D eigenvalue weighted by Crippen LogP contribution is -2.56. The van der Waals surface area contributed by atoms with Crippen LogP contribution in [0.5, 0.6) is 0 Å². The number of furan rings is 1. The summed E-state index contributed by atoms with van der Waals surface area (Å²) in [7, 11) is 0. The highest BCUT2D eigenvalue weighted by Crippen LogP contribution is 2.41. The molecule has 0 spiro atoms. The van der Waals surface area contributed by atoms with E-state index in [1.807, 2.05) is 6.92 Å². The fourth-order valence-corrected chi connectivity index (χ4v) is 5.41. The number of hydrogen-bond donors (Lipinski definition) is 1. The predicted molar refractivity (Wildman–Crippen MR) is 112 cm³/mol. The van der Waals surface area contributed by atoms with Gasteiger partial charge in [-0.2, -0.15) is 0 Å². The average Bonchev–Trinajstić information content (AvgIpc) is 3.46. The quantitative estimate of drug-likeness (QED) is 0.697. The second-order valence-corrected chi connectivity index (χ2v) is 8.88. The number of carbonyl (C=O) groups is 1. The Morgan fingerprint density at radius 2 is 2.28 bits per heavy atom. The minimum Gasteiger partial charge on any atom is -0.459 e. The zero-order valence-electron chi connectivity index (χ0n) is 16.4. The molecule has 3 aromatic rings. The number of amides is 1. The van der Waals surface area contributed by atoms with Crippen molar-refractivity contribution >= 4 is 17.2 Å². The molecule has 29 heavy (non-hydrogen) atoms. The number of aryl methyl sites for hydroxylation is 1. The molecule has 6 rings (SSSR count). The standard InChI is InChI=1S/C22H24N4O2S/c1-14-24-18(11-19(25-14)21-5-3-9-29-21)17-13-26-7-6-15(17)10-16(26)12-23-22(27)20-4-2-8-28-20/h2-5,8-9,11,15-17H,6-7,10,12-13H2,1H3,(H,23,27)/t15-,16+,17+/m0/s1. The molecule has 4 atom stereocenters. The molecule has 0 aromatic carbocycles. The fourth-order valence-electron chi connectivity index (χ4n) is 4.72. The van der Waals surface area contributed by atoms with Crippen LogP contribution in [0.4, 0.5) is 0 Å². The van der Waals surface area contributed by atoms with Gasteiger partial charge in [0.05, 0.1) is 16.8 Å². The van der Waals surface area contributed by atoms with E-state index in [-0.39, 0.29) is 5.91 Å². The molecule has 3 saturated heterocycles. The number of hydrogen-bond acceptors (Lipinski definition) is 6. The molecule has 1 N–H and O–H groups in total. The first-order valence-corrected chi connectivity index (χ1v) is 11.0. The number of piperidine rings is 3. The Bertz CT molecular complexity index is 986. The first-order chi connectivity index (χ1) is 14.2. The van der Waals surface area contributed by atoms with Crippen molar-refractivity contribution in [3.63, 3.8) is 0 Å². The zero-order chi connectivity index (χ0) is 19.8. The highest BCUT2D eigenvalue weighted by atomic mass is 32.1. The number of thiophene rings is 1. The van der Waals surface area contributed by atoms with E-state index in [4.69, 9.17) is 9.40 Å². The van der Waals surface area contributed by atoms with Crippen molar-refractivity contribution in [2.24, 2.45) is 5.92 Å². The molecule has 1 unspecified atom stereocenters. The van der Waals surface area contributed by atoms with Crippen molar-refractivity contribution in [2.75, 3.05) is 19.6 Å². The van der Waals surface area contributed by atoms with Crippen LogP contribution in [-0.4, -0.2) is 46.5 Å². The van der Waals surface area contributed by atoms with E-state index >= 15 is 0 Å². The molecule has 3 fully saturated rings. The van der Waals surface area contributed by atoms with Crippen LogP contribution in [-0.2, 0) is 0 Å². The summed E-state index contributed by atoms with van der Waals surface area (Å²) in [6, 6.07) is 10.2. The highest BCUT2D eigenvalue weighted by molar-refractivity contribution is 7.13. The first kappa shape index (κ1) is 18.5. The van der Waals surface area contributed by atoms with E-state index in [1.165, 1.54) is 17.6 Å². The minimum atomic E-state index is -0.138. The van der Waals surface area contributed by atoms with Crippen molar-refractivity contribution in [1.29, 1.82) is 0 Å². The Labute approximate surface area is 174 Å². The van der Waals surface area contributed by atoms with Gasteiger partial charge in [0.2, 0.25) is 0 Å². The summed E-state index contributed by atoms with van der Waals surface area (Å²) in [4.78, 5) is 25.3. The Morgan fingerprint density at radius 1 is 1.34 bits per heavy atom. The van der Waals surface area contributed by atoms with Crippen LogP contribution < -0.4 is 5.32 Å². The van der Waals surface area contributed by atoms with Gasteiger partial charge in [0, 0.05) is 30.7 Å². The molecule has 6 heterocycles. The van der Waals surface area contributed by atoms with E-state index in [9.17, 15) is 4.79 Å². The number of carbonyl (C=O) groups excluding carboxylic acids is 1. The highest BCUT2D eigenvalue weighted by Gasteiger charge is 2.41. The van der Waals surface area contributed by atoms with Crippen molar-refractivity contribution in [1.82, 2.24) is 20.2 Å². The maximum absolute atomic E-state index is 12.2. The molecule has 1 amide bonds. The second kappa shape index (κ2) is 7.72. The van der Waals surface area contributed by atoms with Crippen LogP contribution in [0, 0.1) is 12.8 Å². The summed E-state index contributed by atoms with van der Waals surface area (Å²) in [6.07, 6.45) is 3.80. The van der Waals surface area contributed by atoms with Gasteiger partial charge >= 0.3 is 0 Å². The number of rotatable bonds is 5. The van der Waals surface area contributed by atoms with Crippen LogP contribution in [0.3, 0.4) is 0 Å². The maximum Gasteiger partial charge on any atom is 0.287 e. The van der Waals surface area contributed by atoms with Gasteiger partial charge in [-0.25, -0.2) is 9.97 Å². The predicted octanol–water partition coefficient (Wildman–Crippen LogP) is 3.71. The Kier molecular flexibility index (Phi) is 4.93. The summed E-state index contributed by atoms with van der Waals surface area (Å²) in [6.45, 7) is 4.72. The molecule has 0 saturated carbocycles. The van der Waals surface area contributed by atoms with Gasteiger partial charge in [0.1, 0.15) is 5.82 Å². The summed E-state index contributed by atoms with van der Waals surface area (Å²) in [5, 5.41) is 5.12. The largest absolute Gasteiger partial charge is 0.459 e. The SMILES string of the molecule is Cc1nc(-c2cccs2)cc([C@@H]2CN3CC[C@H]2C[C@@H]3CNC(=O)c2ccco2)n1. The Balaban J connectivity index is 1.29. The van der Waals surface area contributed by atoms with Gasteiger partial charge < -0.3 is 9.73 Å². The lowest BCUT2D eigenvalue weighted by atomic mass is 9.74. The van der Waals surface area contributed by atoms with Gasteiger partial charge in [-0.3, -0.25) is 9.69 Å². The summed E-state index contributed by atoms with van der Waals surface area (Å²) in [5.74, 6) is 2.10. The van der Waals surface area contributed by atoms with Crippen molar-refractivity contribution in [2.45, 2.75) is 31.7 Å². The van der Waals surface area contributed by atoms with Crippen LogP contribution in [0.1, 0.15) is 40.8 Å². The zero-order valence-corrected chi connectivity index (χ0v) is 17.2. The minimum absolute atomic E-state index is 0.138. The summed E-state index contributed by atoms with van der Waals surface area (Å²) < 4.78 is 5.19. The van der Waals surface area contributed by atoms with Crippen LogP contribution in [0.2, 0.25) is 0 Å². The lowest BCUT2D eigenvalue weighted by molar-refractivity contribution is 0.0288. The first-order valence-electron chi connectivity index (χ1n) is 10.1. The van der Waals surface area contributed by atoms with Gasteiger partial charge in [-0.15, -0.1) is 11.3 Å². The van der Waals surface area contributed by atoms with Crippen molar-refractivity contribution in [3.8, 4) is 10.6 Å². The Hall–Kier alpha value is -2.51. The average molecular weight is 409 g/mol. The third kappa shape index (κ3) is 3.72. The van der Waals surface area contributed by atoms with Gasteiger partial charge in [0.25, 0.3) is 5.91 Å². The topological polar surface area (TPSA) is 71.3 Å². The molecule has 7 heteroatoms. The molecule has 0 radical (unpaired) electrons. The number of fused-ring (bicyclic) bond motifs is 3. The summed E-state index contributed by atoms with van der Waals surface area (Å²) in [5.41, 5.74) is 2.19. The summed E-state index contributed by atoms with van der Waals surface area (Å²) >= 11 is 1.72. The molecular weight excluding hydrogens is 384 g/mol. The van der Waals surface area contributed by atoms with Crippen molar-refractivity contribution in [3.05, 3.63) is 59.3 Å². The van der Waals surface area contributed by atoms with E-state index in [0.29, 0.717) is 30.2 Å². The number of nitrogens with one attached hydrogen (secondary N) is 1. The van der Waals surface area contributed by atoms with E-state index in [0.717, 1.165) is 36.7 Å². The smallest absolute Gasteiger partial charge is 0.287 e. The monoisotopic (exact) mass is 408 g/mol. The molecule has 3 aliphatic heterocycles. The molecule has 150 valence electrons. The van der Waals surface area contributed by atoms with E-state index in [1.54, 1.807) is 23.5 Å². The Morgan fingerprint density at radius 3 is 3.00 bits per heavy atom. The second-order valence-electron chi connectivity index (χ2n) is 7.93. The molecule has 6 nitrogen and oxygen atoms in total. The van der Waals surface area contributed by atoms with Crippen LogP contribution in [0.25, 0.3) is 10.6 Å². The van der Waals surface area contributed by atoms with E-state index < -0.39 is 0 Å². The maximum atomic E-state index is 12.2. The fraction of sp³-hybridized carbons (Fsp3) is 0.409. The third-order valence-electron chi connectivity index (χ3n) is 6.13. The number of aromatic nitrogens is 2. The third-order valence-corrected chi connectivity index (χ3v) is 7.03. The normalized spacial score (nSPS) is 25.8. The van der Waals surface area contributed by atoms with Crippen LogP contribution >= 0.6 is 11.3 Å². The van der Waals surface area contributed by atoms with Gasteiger partial charge in [-0.1, -0.05) is 6.07 Å². The molecule has 3 aliphatic rings. The van der Waals surface area contributed by atoms with Gasteiger partial charge in [-0.05, 0) is 61.9 Å². The molecule has 2 bridgehead atoms. The van der Waals surface area contributed by atoms with Crippen molar-refractivity contribution < 1.29 is 9.21 Å². The van der Waals surface area contributed by atoms with E-state index in [2.05, 4.69) is 38.8 Å². The van der Waals surface area contributed by atoms with Gasteiger partial charge in [0.15, 0.2) is 5.76 Å². The molecule has 0 aliphatic carbocycles. The van der Waals surface area contributed by atoms with Crippen LogP contribution in [0.15, 0.2) is 46.4 Å². The molecular formula is C22H24N4O2S.